The molecule has 0 aliphatic heterocycles. The standard InChI is InChI=1S/C68H131NO4/c1-3-5-7-9-11-13-15-17-19-21-23-25-27-28-29-30-31-32-33-34-35-36-37-38-40-41-43-45-47-49-51-53-55-57-59-61-65(71)63-68(73)69-66(64-70)67(72)62-60-58-56-54-52-50-48-46-44-42-39-26-24-22-20-18-16-14-12-10-8-6-4-2/h44,46,52,54,60,62,65-67,70-72H,3-43,45,47-51,53,55-59,61,63-64H2,1-2H3,(H,69,73)/b46-44+,54-52+,62-60+. The first kappa shape index (κ1) is 71.6. The lowest BCUT2D eigenvalue weighted by molar-refractivity contribution is -0.124. The number of carbonyl (C=O) groups excluding carboxylic acids is 1. The van der Waals surface area contributed by atoms with E-state index in [4.69, 9.17) is 0 Å². The van der Waals surface area contributed by atoms with E-state index in [0.717, 1.165) is 38.5 Å². The van der Waals surface area contributed by atoms with Crippen LogP contribution in [0, 0.1) is 0 Å². The normalized spacial score (nSPS) is 13.3. The third-order valence-electron chi connectivity index (χ3n) is 15.7. The van der Waals surface area contributed by atoms with Crippen LogP contribution < -0.4 is 5.32 Å². The zero-order valence-electron chi connectivity index (χ0n) is 49.5. The number of allylic oxidation sites excluding steroid dienone is 5. The molecule has 0 bridgehead atoms. The molecule has 3 unspecified atom stereocenters. The van der Waals surface area contributed by atoms with E-state index in [2.05, 4.69) is 43.5 Å². The van der Waals surface area contributed by atoms with Gasteiger partial charge in [0.25, 0.3) is 0 Å². The fourth-order valence-corrected chi connectivity index (χ4v) is 10.6. The Labute approximate surface area is 457 Å². The Hall–Kier alpha value is -1.43. The Morgan fingerprint density at radius 2 is 0.589 bits per heavy atom. The largest absolute Gasteiger partial charge is 0.394 e. The highest BCUT2D eigenvalue weighted by Crippen LogP contribution is 2.19. The predicted octanol–water partition coefficient (Wildman–Crippen LogP) is 21.3. The average molecular weight is 1030 g/mol. The van der Waals surface area contributed by atoms with Gasteiger partial charge in [-0.15, -0.1) is 0 Å². The van der Waals surface area contributed by atoms with Gasteiger partial charge in [-0.3, -0.25) is 4.79 Å². The highest BCUT2D eigenvalue weighted by Gasteiger charge is 2.20. The van der Waals surface area contributed by atoms with Crippen molar-refractivity contribution in [2.75, 3.05) is 6.61 Å². The lowest BCUT2D eigenvalue weighted by Gasteiger charge is -2.21. The van der Waals surface area contributed by atoms with Gasteiger partial charge in [-0.1, -0.05) is 352 Å². The molecule has 0 saturated heterocycles. The summed E-state index contributed by atoms with van der Waals surface area (Å²) in [7, 11) is 0. The molecule has 0 aromatic carbocycles. The number of aliphatic hydroxyl groups excluding tert-OH is 3. The Balaban J connectivity index is 3.51. The number of nitrogens with one attached hydrogen (secondary N) is 1. The molecule has 0 aliphatic carbocycles. The van der Waals surface area contributed by atoms with Crippen molar-refractivity contribution in [2.24, 2.45) is 0 Å². The Morgan fingerprint density at radius 1 is 0.342 bits per heavy atom. The summed E-state index contributed by atoms with van der Waals surface area (Å²) in [6.07, 6.45) is 83.9. The lowest BCUT2D eigenvalue weighted by Crippen LogP contribution is -2.45. The van der Waals surface area contributed by atoms with Crippen molar-refractivity contribution in [1.82, 2.24) is 5.32 Å². The molecule has 1 amide bonds. The molecule has 0 radical (unpaired) electrons. The molecule has 0 saturated carbocycles. The molecule has 0 rings (SSSR count). The van der Waals surface area contributed by atoms with Crippen molar-refractivity contribution in [2.45, 2.75) is 385 Å². The quantitative estimate of drug-likeness (QED) is 0.0361. The van der Waals surface area contributed by atoms with Gasteiger partial charge < -0.3 is 20.6 Å². The van der Waals surface area contributed by atoms with Crippen LogP contribution in [0.25, 0.3) is 0 Å². The van der Waals surface area contributed by atoms with Crippen molar-refractivity contribution in [3.8, 4) is 0 Å². The first-order valence-corrected chi connectivity index (χ1v) is 33.3. The van der Waals surface area contributed by atoms with Crippen molar-refractivity contribution < 1.29 is 20.1 Å². The van der Waals surface area contributed by atoms with Crippen LogP contribution >= 0.6 is 0 Å². The summed E-state index contributed by atoms with van der Waals surface area (Å²) in [4.78, 5) is 12.6. The van der Waals surface area contributed by atoms with Crippen molar-refractivity contribution in [3.05, 3.63) is 36.5 Å². The van der Waals surface area contributed by atoms with Crippen LogP contribution in [-0.4, -0.2) is 46.1 Å². The Morgan fingerprint density at radius 3 is 0.877 bits per heavy atom. The average Bonchev–Trinajstić information content (AvgIpc) is 3.39. The number of amides is 1. The van der Waals surface area contributed by atoms with Crippen LogP contribution in [0.3, 0.4) is 0 Å². The zero-order valence-corrected chi connectivity index (χ0v) is 49.5. The molecule has 4 N–H and O–H groups in total. The summed E-state index contributed by atoms with van der Waals surface area (Å²) in [6.45, 7) is 4.24. The zero-order chi connectivity index (χ0) is 52.9. The number of carbonyl (C=O) groups is 1. The monoisotopic (exact) mass is 1030 g/mol. The molecule has 73 heavy (non-hydrogen) atoms. The van der Waals surface area contributed by atoms with Crippen LogP contribution in [0.1, 0.15) is 367 Å². The van der Waals surface area contributed by atoms with Gasteiger partial charge in [-0.05, 0) is 44.9 Å². The van der Waals surface area contributed by atoms with E-state index < -0.39 is 18.2 Å². The smallest absolute Gasteiger partial charge is 0.222 e. The Kier molecular flexibility index (Phi) is 61.9. The third kappa shape index (κ3) is 59.7. The summed E-state index contributed by atoms with van der Waals surface area (Å²) in [5.41, 5.74) is 0. The fourth-order valence-electron chi connectivity index (χ4n) is 10.6. The molecule has 0 heterocycles. The summed E-state index contributed by atoms with van der Waals surface area (Å²) in [5.74, 6) is -0.323. The SMILES string of the molecule is CCCCCCCCCCCCCCC/C=C/CC/C=C/CC/C=C/C(O)C(CO)NC(=O)CC(O)CCCCCCCCCCCCCCCCCCCCCCCCCCCCCCCCCCCCC. The molecule has 0 aliphatic rings. The molecule has 0 spiro atoms. The van der Waals surface area contributed by atoms with E-state index in [-0.39, 0.29) is 18.9 Å². The molecule has 0 aromatic heterocycles. The minimum absolute atomic E-state index is 0.00598. The van der Waals surface area contributed by atoms with E-state index in [1.54, 1.807) is 6.08 Å². The van der Waals surface area contributed by atoms with Gasteiger partial charge in [0.15, 0.2) is 0 Å². The number of aliphatic hydroxyl groups is 3. The van der Waals surface area contributed by atoms with Crippen molar-refractivity contribution in [1.29, 1.82) is 0 Å². The number of rotatable bonds is 62. The predicted molar refractivity (Wildman–Crippen MR) is 324 cm³/mol. The molecule has 0 fully saturated rings. The summed E-state index contributed by atoms with van der Waals surface area (Å²) in [6, 6.07) is -0.768. The summed E-state index contributed by atoms with van der Waals surface area (Å²) in [5, 5.41) is 33.5. The second-order valence-electron chi connectivity index (χ2n) is 23.1. The second kappa shape index (κ2) is 63.1. The van der Waals surface area contributed by atoms with Gasteiger partial charge >= 0.3 is 0 Å². The number of hydrogen-bond donors (Lipinski definition) is 4. The molecule has 5 heteroatoms. The number of unbranched alkanes of at least 4 members (excludes halogenated alkanes) is 49. The van der Waals surface area contributed by atoms with Gasteiger partial charge in [-0.2, -0.15) is 0 Å². The first-order chi connectivity index (χ1) is 36.0. The molecule has 3 atom stereocenters. The molecular formula is C68H131NO4. The van der Waals surface area contributed by atoms with Crippen LogP contribution in [0.15, 0.2) is 36.5 Å². The van der Waals surface area contributed by atoms with Gasteiger partial charge in [-0.25, -0.2) is 0 Å². The van der Waals surface area contributed by atoms with Crippen molar-refractivity contribution >= 4 is 5.91 Å². The van der Waals surface area contributed by atoms with Crippen LogP contribution in [0.4, 0.5) is 0 Å². The van der Waals surface area contributed by atoms with Crippen LogP contribution in [0.2, 0.25) is 0 Å². The maximum Gasteiger partial charge on any atom is 0.222 e. The van der Waals surface area contributed by atoms with Gasteiger partial charge in [0, 0.05) is 0 Å². The van der Waals surface area contributed by atoms with E-state index in [1.165, 1.54) is 302 Å². The van der Waals surface area contributed by atoms with Gasteiger partial charge in [0.05, 0.1) is 31.3 Å². The van der Waals surface area contributed by atoms with Crippen LogP contribution in [-0.2, 0) is 4.79 Å². The van der Waals surface area contributed by atoms with E-state index in [0.29, 0.717) is 6.42 Å². The summed E-state index contributed by atoms with van der Waals surface area (Å²) < 4.78 is 0. The van der Waals surface area contributed by atoms with Crippen LogP contribution in [0.5, 0.6) is 0 Å². The lowest BCUT2D eigenvalue weighted by atomic mass is 10.0. The second-order valence-corrected chi connectivity index (χ2v) is 23.1. The minimum Gasteiger partial charge on any atom is -0.394 e. The highest BCUT2D eigenvalue weighted by molar-refractivity contribution is 5.76. The molecular weight excluding hydrogens is 895 g/mol. The molecule has 0 aromatic rings. The van der Waals surface area contributed by atoms with E-state index in [1.807, 2.05) is 6.08 Å². The fraction of sp³-hybridized carbons (Fsp3) is 0.897. The van der Waals surface area contributed by atoms with E-state index >= 15 is 0 Å². The van der Waals surface area contributed by atoms with Gasteiger partial charge in [0.2, 0.25) is 5.91 Å². The Bertz CT molecular complexity index is 1130. The molecule has 5 nitrogen and oxygen atoms in total. The summed E-state index contributed by atoms with van der Waals surface area (Å²) >= 11 is 0. The van der Waals surface area contributed by atoms with Gasteiger partial charge in [0.1, 0.15) is 0 Å². The first-order valence-electron chi connectivity index (χ1n) is 33.3. The maximum absolute atomic E-state index is 12.6. The minimum atomic E-state index is -0.960. The third-order valence-corrected chi connectivity index (χ3v) is 15.7. The van der Waals surface area contributed by atoms with E-state index in [9.17, 15) is 20.1 Å². The topological polar surface area (TPSA) is 89.8 Å². The highest BCUT2D eigenvalue weighted by atomic mass is 16.3. The maximum atomic E-state index is 12.6. The molecule has 432 valence electrons. The number of hydrogen-bond acceptors (Lipinski definition) is 4. The van der Waals surface area contributed by atoms with Crippen molar-refractivity contribution in [3.63, 3.8) is 0 Å².